The van der Waals surface area contributed by atoms with E-state index >= 15 is 0 Å². The van der Waals surface area contributed by atoms with E-state index in [1.54, 1.807) is 6.07 Å². The molecule has 0 bridgehead atoms. The number of benzene rings is 1. The molecule has 0 aromatic heterocycles. The summed E-state index contributed by atoms with van der Waals surface area (Å²) in [6, 6.07) is 3.88. The van der Waals surface area contributed by atoms with E-state index in [0.29, 0.717) is 11.3 Å². The van der Waals surface area contributed by atoms with Crippen molar-refractivity contribution in [1.29, 1.82) is 0 Å². The lowest BCUT2D eigenvalue weighted by atomic mass is 10.3. The van der Waals surface area contributed by atoms with Gasteiger partial charge in [0.2, 0.25) is 5.91 Å². The van der Waals surface area contributed by atoms with Gasteiger partial charge in [-0.15, -0.1) is 0 Å². The first-order chi connectivity index (χ1) is 11.4. The molecule has 1 aromatic rings. The summed E-state index contributed by atoms with van der Waals surface area (Å²) in [5.41, 5.74) is 0.180. The van der Waals surface area contributed by atoms with Crippen LogP contribution in [-0.2, 0) is 14.4 Å². The van der Waals surface area contributed by atoms with Crippen molar-refractivity contribution in [2.75, 3.05) is 18.4 Å². The molecular formula is C15H15Cl2N3O4. The van der Waals surface area contributed by atoms with Crippen molar-refractivity contribution < 1.29 is 19.2 Å². The number of amides is 5. The first kappa shape index (κ1) is 18.2. The molecule has 7 nitrogen and oxygen atoms in total. The smallest absolute Gasteiger partial charge is 0.322 e. The van der Waals surface area contributed by atoms with Gasteiger partial charge in [0.15, 0.2) is 0 Å². The van der Waals surface area contributed by atoms with E-state index in [1.165, 1.54) is 12.1 Å². The van der Waals surface area contributed by atoms with Gasteiger partial charge in [-0.3, -0.25) is 19.3 Å². The number of rotatable bonds is 6. The van der Waals surface area contributed by atoms with Crippen molar-refractivity contribution in [3.63, 3.8) is 0 Å². The molecule has 0 saturated carbocycles. The highest BCUT2D eigenvalue weighted by Crippen LogP contribution is 2.29. The summed E-state index contributed by atoms with van der Waals surface area (Å²) in [6.07, 6.45) is 1.34. The second-order valence-corrected chi connectivity index (χ2v) is 5.94. The molecule has 2 rings (SSSR count). The predicted octanol–water partition coefficient (Wildman–Crippen LogP) is 2.52. The first-order valence-corrected chi connectivity index (χ1v) is 8.03. The van der Waals surface area contributed by atoms with Crippen LogP contribution in [0.4, 0.5) is 10.5 Å². The van der Waals surface area contributed by atoms with Gasteiger partial charge in [-0.1, -0.05) is 42.6 Å². The van der Waals surface area contributed by atoms with Gasteiger partial charge >= 0.3 is 17.8 Å². The molecule has 9 heteroatoms. The molecule has 1 heterocycles. The van der Waals surface area contributed by atoms with E-state index in [1.807, 2.05) is 6.92 Å². The van der Waals surface area contributed by atoms with Gasteiger partial charge in [-0.25, -0.2) is 9.69 Å². The monoisotopic (exact) mass is 371 g/mol. The van der Waals surface area contributed by atoms with Crippen LogP contribution in [0.25, 0.3) is 0 Å². The van der Waals surface area contributed by atoms with E-state index in [-0.39, 0.29) is 22.3 Å². The van der Waals surface area contributed by atoms with Crippen molar-refractivity contribution in [3.05, 3.63) is 28.2 Å². The fraction of sp³-hybridized carbons (Fsp3) is 0.333. The number of imide groups is 2. The Bertz CT molecular complexity index is 688. The van der Waals surface area contributed by atoms with Gasteiger partial charge < -0.3 is 5.32 Å². The second kappa shape index (κ2) is 7.63. The third-order valence-electron chi connectivity index (χ3n) is 3.40. The molecule has 1 aliphatic heterocycles. The fourth-order valence-electron chi connectivity index (χ4n) is 2.14. The maximum Gasteiger partial charge on any atom is 0.334 e. The number of halogens is 2. The van der Waals surface area contributed by atoms with Crippen LogP contribution in [0.1, 0.15) is 19.8 Å². The highest BCUT2D eigenvalue weighted by Gasteiger charge is 2.44. The second-order valence-electron chi connectivity index (χ2n) is 5.13. The molecule has 0 radical (unpaired) electrons. The molecule has 1 aromatic carbocycles. The molecule has 0 spiro atoms. The Labute approximate surface area is 148 Å². The summed E-state index contributed by atoms with van der Waals surface area (Å²) < 4.78 is 0. The average Bonchev–Trinajstić information content (AvgIpc) is 2.73. The maximum absolute atomic E-state index is 12.1. The molecule has 0 unspecified atom stereocenters. The molecule has 128 valence electrons. The number of unbranched alkanes of at least 4 members (excludes halogenated alkanes) is 1. The summed E-state index contributed by atoms with van der Waals surface area (Å²) in [5, 5.41) is 2.88. The third kappa shape index (κ3) is 3.68. The highest BCUT2D eigenvalue weighted by molar-refractivity contribution is 6.45. The topological polar surface area (TPSA) is 86.8 Å². The molecule has 0 aliphatic carbocycles. The number of para-hydroxylation sites is 1. The molecule has 24 heavy (non-hydrogen) atoms. The van der Waals surface area contributed by atoms with E-state index < -0.39 is 30.3 Å². The van der Waals surface area contributed by atoms with Gasteiger partial charge in [0.1, 0.15) is 6.54 Å². The number of hydrogen-bond acceptors (Lipinski definition) is 4. The van der Waals surface area contributed by atoms with Crippen molar-refractivity contribution >= 4 is 52.6 Å². The van der Waals surface area contributed by atoms with Crippen molar-refractivity contribution in [1.82, 2.24) is 9.80 Å². The largest absolute Gasteiger partial charge is 0.334 e. The summed E-state index contributed by atoms with van der Waals surface area (Å²) in [7, 11) is 0. The normalized spacial score (nSPS) is 14.5. The summed E-state index contributed by atoms with van der Waals surface area (Å²) >= 11 is 11.9. The number of anilines is 1. The quantitative estimate of drug-likeness (QED) is 0.614. The van der Waals surface area contributed by atoms with E-state index in [0.717, 1.165) is 11.3 Å². The SMILES string of the molecule is CCCCN1C(=O)C(=O)N(CC(=O)Nc2c(Cl)cccc2Cl)C1=O. The van der Waals surface area contributed by atoms with Gasteiger partial charge in [-0.2, -0.15) is 0 Å². The summed E-state index contributed by atoms with van der Waals surface area (Å²) in [6.45, 7) is 1.45. The van der Waals surface area contributed by atoms with Crippen LogP contribution in [-0.4, -0.2) is 46.6 Å². The minimum absolute atomic E-state index is 0.147. The number of nitrogens with one attached hydrogen (secondary N) is 1. The summed E-state index contributed by atoms with van der Waals surface area (Å²) in [5.74, 6) is -2.62. The van der Waals surface area contributed by atoms with Crippen molar-refractivity contribution in [2.45, 2.75) is 19.8 Å². The van der Waals surface area contributed by atoms with E-state index in [9.17, 15) is 19.2 Å². The summed E-state index contributed by atoms with van der Waals surface area (Å²) in [4.78, 5) is 49.4. The van der Waals surface area contributed by atoms with E-state index in [2.05, 4.69) is 5.32 Å². The molecule has 5 amide bonds. The van der Waals surface area contributed by atoms with Crippen LogP contribution in [0.15, 0.2) is 18.2 Å². The zero-order chi connectivity index (χ0) is 17.9. The lowest BCUT2D eigenvalue weighted by Gasteiger charge is -2.15. The van der Waals surface area contributed by atoms with Crippen LogP contribution >= 0.6 is 23.2 Å². The molecule has 1 fully saturated rings. The van der Waals surface area contributed by atoms with Crippen LogP contribution in [0.5, 0.6) is 0 Å². The van der Waals surface area contributed by atoms with Crippen LogP contribution in [0.3, 0.4) is 0 Å². The standard InChI is InChI=1S/C15H15Cl2N3O4/c1-2-3-7-19-13(22)14(23)20(15(19)24)8-11(21)18-12-9(16)5-4-6-10(12)17/h4-6H,2-3,7-8H2,1H3,(H,18,21). The zero-order valence-corrected chi connectivity index (χ0v) is 14.4. The molecule has 0 atom stereocenters. The maximum atomic E-state index is 12.1. The van der Waals surface area contributed by atoms with Crippen LogP contribution in [0.2, 0.25) is 10.0 Å². The minimum Gasteiger partial charge on any atom is -0.322 e. The van der Waals surface area contributed by atoms with Gasteiger partial charge in [0.05, 0.1) is 15.7 Å². The third-order valence-corrected chi connectivity index (χ3v) is 4.03. The first-order valence-electron chi connectivity index (χ1n) is 7.28. The number of carbonyl (C=O) groups is 4. The van der Waals surface area contributed by atoms with Crippen LogP contribution in [0, 0.1) is 0 Å². The lowest BCUT2D eigenvalue weighted by Crippen LogP contribution is -2.39. The lowest BCUT2D eigenvalue weighted by molar-refractivity contribution is -0.143. The zero-order valence-electron chi connectivity index (χ0n) is 12.8. The van der Waals surface area contributed by atoms with Gasteiger partial charge in [0, 0.05) is 6.54 Å². The Kier molecular flexibility index (Phi) is 5.80. The van der Waals surface area contributed by atoms with E-state index in [4.69, 9.17) is 23.2 Å². The Balaban J connectivity index is 2.07. The highest BCUT2D eigenvalue weighted by atomic mass is 35.5. The fourth-order valence-corrected chi connectivity index (χ4v) is 2.63. The van der Waals surface area contributed by atoms with Gasteiger partial charge in [-0.05, 0) is 18.6 Å². The molecule has 1 aliphatic rings. The van der Waals surface area contributed by atoms with Gasteiger partial charge in [0.25, 0.3) is 0 Å². The van der Waals surface area contributed by atoms with Crippen LogP contribution < -0.4 is 5.32 Å². The molecule has 1 N–H and O–H groups in total. The van der Waals surface area contributed by atoms with Crippen molar-refractivity contribution in [3.8, 4) is 0 Å². The number of carbonyl (C=O) groups excluding carboxylic acids is 4. The minimum atomic E-state index is -1.02. The number of nitrogens with zero attached hydrogens (tertiary/aromatic N) is 2. The number of urea groups is 1. The molecular weight excluding hydrogens is 357 g/mol. The Morgan fingerprint density at radius 3 is 2.25 bits per heavy atom. The number of hydrogen-bond donors (Lipinski definition) is 1. The average molecular weight is 372 g/mol. The predicted molar refractivity (Wildman–Crippen MR) is 88.8 cm³/mol. The Morgan fingerprint density at radius 2 is 1.67 bits per heavy atom. The molecule has 1 saturated heterocycles. The Hall–Kier alpha value is -2.12. The Morgan fingerprint density at radius 1 is 1.08 bits per heavy atom. The van der Waals surface area contributed by atoms with Crippen molar-refractivity contribution in [2.24, 2.45) is 0 Å².